The molecule has 0 aliphatic carbocycles. The van der Waals surface area contributed by atoms with E-state index in [-0.39, 0.29) is 11.8 Å². The maximum atomic E-state index is 11.6. The molecule has 2 N–H and O–H groups in total. The first-order valence-electron chi connectivity index (χ1n) is 6.79. The average molecular weight is 246 g/mol. The number of nitrogens with one attached hydrogen (secondary N) is 2. The van der Waals surface area contributed by atoms with E-state index in [0.29, 0.717) is 12.6 Å². The second-order valence-corrected chi connectivity index (χ2v) is 5.29. The monoisotopic (exact) mass is 246 g/mol. The first-order chi connectivity index (χ1) is 8.66. The lowest BCUT2D eigenvalue weighted by molar-refractivity contribution is -0.124. The highest BCUT2D eigenvalue weighted by Crippen LogP contribution is 2.23. The fourth-order valence-corrected chi connectivity index (χ4v) is 2.29. The van der Waals surface area contributed by atoms with E-state index in [9.17, 15) is 4.79 Å². The van der Waals surface area contributed by atoms with E-state index in [1.54, 1.807) is 0 Å². The van der Waals surface area contributed by atoms with Crippen LogP contribution in [0.15, 0.2) is 24.3 Å². The number of rotatable bonds is 3. The Morgan fingerprint density at radius 3 is 3.00 bits per heavy atom. The number of para-hydroxylation sites is 1. The van der Waals surface area contributed by atoms with Gasteiger partial charge in [-0.15, -0.1) is 0 Å². The Bertz CT molecular complexity index is 415. The van der Waals surface area contributed by atoms with Crippen molar-refractivity contribution in [3.63, 3.8) is 0 Å². The van der Waals surface area contributed by atoms with Gasteiger partial charge in [-0.05, 0) is 30.9 Å². The molecule has 2 rings (SSSR count). The third kappa shape index (κ3) is 3.25. The fourth-order valence-electron chi connectivity index (χ4n) is 2.29. The van der Waals surface area contributed by atoms with Gasteiger partial charge in [0.2, 0.25) is 5.91 Å². The van der Waals surface area contributed by atoms with Crippen molar-refractivity contribution in [2.45, 2.75) is 39.2 Å². The van der Waals surface area contributed by atoms with Crippen molar-refractivity contribution < 1.29 is 4.79 Å². The maximum Gasteiger partial charge on any atom is 0.222 e. The van der Waals surface area contributed by atoms with Crippen LogP contribution in [0.1, 0.15) is 32.3 Å². The highest BCUT2D eigenvalue weighted by molar-refractivity contribution is 5.77. The topological polar surface area (TPSA) is 41.1 Å². The third-order valence-electron chi connectivity index (χ3n) is 3.42. The van der Waals surface area contributed by atoms with Gasteiger partial charge < -0.3 is 10.6 Å². The summed E-state index contributed by atoms with van der Waals surface area (Å²) in [6.45, 7) is 4.56. The van der Waals surface area contributed by atoms with Crippen molar-refractivity contribution in [1.82, 2.24) is 5.32 Å². The average Bonchev–Trinajstić information content (AvgIpc) is 2.57. The Morgan fingerprint density at radius 1 is 1.44 bits per heavy atom. The van der Waals surface area contributed by atoms with Crippen LogP contribution >= 0.6 is 0 Å². The van der Waals surface area contributed by atoms with Crippen LogP contribution in [0.3, 0.4) is 0 Å². The van der Waals surface area contributed by atoms with Crippen LogP contribution in [-0.2, 0) is 11.2 Å². The summed E-state index contributed by atoms with van der Waals surface area (Å²) >= 11 is 0. The molecule has 3 heteroatoms. The molecule has 1 amide bonds. The highest BCUT2D eigenvalue weighted by Gasteiger charge is 2.16. The Kier molecular flexibility index (Phi) is 4.24. The first-order valence-corrected chi connectivity index (χ1v) is 6.79. The number of carbonyl (C=O) groups is 1. The number of anilines is 1. The Morgan fingerprint density at radius 2 is 2.22 bits per heavy atom. The van der Waals surface area contributed by atoms with E-state index in [1.807, 2.05) is 13.8 Å². The molecule has 1 aliphatic heterocycles. The van der Waals surface area contributed by atoms with Gasteiger partial charge in [0.05, 0.1) is 0 Å². The quantitative estimate of drug-likeness (QED) is 0.860. The molecule has 0 saturated heterocycles. The Labute approximate surface area is 109 Å². The molecule has 0 fully saturated rings. The molecule has 1 atom stereocenters. The van der Waals surface area contributed by atoms with Crippen LogP contribution in [0.4, 0.5) is 5.69 Å². The second kappa shape index (κ2) is 5.89. The third-order valence-corrected chi connectivity index (χ3v) is 3.42. The predicted octanol–water partition coefficient (Wildman–Crippen LogP) is 2.58. The fraction of sp³-hybridized carbons (Fsp3) is 0.533. The van der Waals surface area contributed by atoms with E-state index < -0.39 is 0 Å². The van der Waals surface area contributed by atoms with E-state index in [0.717, 1.165) is 12.8 Å². The van der Waals surface area contributed by atoms with Crippen LogP contribution < -0.4 is 10.6 Å². The van der Waals surface area contributed by atoms with Crippen LogP contribution in [0, 0.1) is 5.92 Å². The van der Waals surface area contributed by atoms with Crippen LogP contribution in [0.5, 0.6) is 0 Å². The van der Waals surface area contributed by atoms with Crippen LogP contribution in [0.2, 0.25) is 0 Å². The smallest absolute Gasteiger partial charge is 0.222 e. The molecule has 1 aliphatic rings. The lowest BCUT2D eigenvalue weighted by atomic mass is 10.1. The van der Waals surface area contributed by atoms with Gasteiger partial charge in [0.15, 0.2) is 0 Å². The lowest BCUT2D eigenvalue weighted by Gasteiger charge is -2.19. The largest absolute Gasteiger partial charge is 0.380 e. The maximum absolute atomic E-state index is 11.6. The van der Waals surface area contributed by atoms with Gasteiger partial charge in [-0.1, -0.05) is 32.0 Å². The van der Waals surface area contributed by atoms with E-state index in [2.05, 4.69) is 34.9 Å². The number of hydrogen-bond donors (Lipinski definition) is 2. The molecule has 98 valence electrons. The van der Waals surface area contributed by atoms with Gasteiger partial charge in [-0.2, -0.15) is 0 Å². The standard InChI is InChI=1S/C15H22N2O/c1-11(2)15(18)16-10-13-8-5-7-12-6-3-4-9-14(12)17-13/h3-4,6,9,11,13,17H,5,7-8,10H2,1-2H3,(H,16,18). The summed E-state index contributed by atoms with van der Waals surface area (Å²) in [4.78, 5) is 11.6. The van der Waals surface area contributed by atoms with Gasteiger partial charge in [0, 0.05) is 24.2 Å². The van der Waals surface area contributed by atoms with Gasteiger partial charge in [-0.25, -0.2) is 0 Å². The number of benzene rings is 1. The zero-order chi connectivity index (χ0) is 13.0. The summed E-state index contributed by atoms with van der Waals surface area (Å²) in [5, 5.41) is 6.55. The second-order valence-electron chi connectivity index (χ2n) is 5.29. The lowest BCUT2D eigenvalue weighted by Crippen LogP contribution is -2.38. The zero-order valence-electron chi connectivity index (χ0n) is 11.2. The van der Waals surface area contributed by atoms with E-state index >= 15 is 0 Å². The minimum atomic E-state index is 0.0584. The molecule has 0 bridgehead atoms. The molecule has 1 aromatic carbocycles. The molecule has 18 heavy (non-hydrogen) atoms. The number of fused-ring (bicyclic) bond motifs is 1. The van der Waals surface area contributed by atoms with Crippen molar-refractivity contribution >= 4 is 11.6 Å². The number of aryl methyl sites for hydroxylation is 1. The first kappa shape index (κ1) is 12.9. The van der Waals surface area contributed by atoms with Gasteiger partial charge in [0.1, 0.15) is 0 Å². The van der Waals surface area contributed by atoms with E-state index in [1.165, 1.54) is 17.7 Å². The summed E-state index contributed by atoms with van der Waals surface area (Å²) in [7, 11) is 0. The molecule has 0 radical (unpaired) electrons. The molecule has 0 aromatic heterocycles. The summed E-state index contributed by atoms with van der Waals surface area (Å²) in [6, 6.07) is 8.79. The summed E-state index contributed by atoms with van der Waals surface area (Å²) in [5.74, 6) is 0.192. The zero-order valence-corrected chi connectivity index (χ0v) is 11.2. The Hall–Kier alpha value is -1.51. The number of amides is 1. The molecular weight excluding hydrogens is 224 g/mol. The van der Waals surface area contributed by atoms with Gasteiger partial charge in [0.25, 0.3) is 0 Å². The van der Waals surface area contributed by atoms with Gasteiger partial charge >= 0.3 is 0 Å². The summed E-state index contributed by atoms with van der Waals surface area (Å²) in [6.07, 6.45) is 3.40. The highest BCUT2D eigenvalue weighted by atomic mass is 16.1. The Balaban J connectivity index is 1.94. The molecule has 3 nitrogen and oxygen atoms in total. The minimum Gasteiger partial charge on any atom is -0.380 e. The minimum absolute atomic E-state index is 0.0584. The summed E-state index contributed by atoms with van der Waals surface area (Å²) in [5.41, 5.74) is 2.61. The van der Waals surface area contributed by atoms with Crippen molar-refractivity contribution in [2.75, 3.05) is 11.9 Å². The van der Waals surface area contributed by atoms with Crippen molar-refractivity contribution in [1.29, 1.82) is 0 Å². The number of hydrogen-bond acceptors (Lipinski definition) is 2. The van der Waals surface area contributed by atoms with Crippen LogP contribution in [0.25, 0.3) is 0 Å². The predicted molar refractivity (Wildman–Crippen MR) is 74.6 cm³/mol. The molecule has 1 heterocycles. The van der Waals surface area contributed by atoms with Crippen molar-refractivity contribution in [3.05, 3.63) is 29.8 Å². The molecule has 0 saturated carbocycles. The molecular formula is C15H22N2O. The van der Waals surface area contributed by atoms with Crippen molar-refractivity contribution in [2.24, 2.45) is 5.92 Å². The summed E-state index contributed by atoms with van der Waals surface area (Å²) < 4.78 is 0. The van der Waals surface area contributed by atoms with Gasteiger partial charge in [-0.3, -0.25) is 4.79 Å². The van der Waals surface area contributed by atoms with E-state index in [4.69, 9.17) is 0 Å². The SMILES string of the molecule is CC(C)C(=O)NCC1CCCc2ccccc2N1. The molecule has 0 spiro atoms. The normalized spacial score (nSPS) is 18.7. The molecule has 1 aromatic rings. The number of carbonyl (C=O) groups excluding carboxylic acids is 1. The molecule has 1 unspecified atom stereocenters. The van der Waals surface area contributed by atoms with Crippen LogP contribution in [-0.4, -0.2) is 18.5 Å². The van der Waals surface area contributed by atoms with Crippen molar-refractivity contribution in [3.8, 4) is 0 Å².